The van der Waals surface area contributed by atoms with Gasteiger partial charge in [0.1, 0.15) is 5.56 Å². The van der Waals surface area contributed by atoms with Crippen LogP contribution in [0.15, 0.2) is 40.5 Å². The molecule has 1 aromatic heterocycles. The van der Waals surface area contributed by atoms with Gasteiger partial charge in [0, 0.05) is 24.2 Å². The molecule has 1 saturated heterocycles. The highest BCUT2D eigenvalue weighted by Gasteiger charge is 2.27. The first-order valence-electron chi connectivity index (χ1n) is 9.01. The number of nitrogens with zero attached hydrogens (tertiary/aromatic N) is 2. The van der Waals surface area contributed by atoms with Crippen molar-refractivity contribution in [1.82, 2.24) is 4.57 Å². The summed E-state index contributed by atoms with van der Waals surface area (Å²) in [5.74, 6) is -1.02. The fraction of sp³-hybridized carbons (Fsp3) is 0.368. The van der Waals surface area contributed by atoms with E-state index in [1.54, 1.807) is 0 Å². The van der Waals surface area contributed by atoms with E-state index in [-0.39, 0.29) is 11.3 Å². The van der Waals surface area contributed by atoms with Crippen LogP contribution in [-0.2, 0) is 9.84 Å². The Hall–Kier alpha value is -2.61. The molecule has 0 spiro atoms. The van der Waals surface area contributed by atoms with Crippen molar-refractivity contribution in [2.24, 2.45) is 5.73 Å². The minimum atomic E-state index is -3.36. The van der Waals surface area contributed by atoms with Gasteiger partial charge in [-0.15, -0.1) is 0 Å². The summed E-state index contributed by atoms with van der Waals surface area (Å²) in [5, 5.41) is 1.81. The van der Waals surface area contributed by atoms with E-state index in [1.165, 1.54) is 23.1 Å². The summed E-state index contributed by atoms with van der Waals surface area (Å²) in [4.78, 5) is 26.9. The fourth-order valence-corrected chi connectivity index (χ4v) is 5.16. The van der Waals surface area contributed by atoms with Gasteiger partial charge in [0.2, 0.25) is 0 Å². The number of primary amides is 1. The van der Waals surface area contributed by atoms with Crippen LogP contribution in [0.4, 0.5) is 5.69 Å². The third-order valence-electron chi connectivity index (χ3n) is 5.25. The predicted molar refractivity (Wildman–Crippen MR) is 105 cm³/mol. The zero-order chi connectivity index (χ0) is 19.2. The van der Waals surface area contributed by atoms with Crippen molar-refractivity contribution in [2.45, 2.75) is 25.3 Å². The van der Waals surface area contributed by atoms with Gasteiger partial charge in [-0.05, 0) is 48.9 Å². The van der Waals surface area contributed by atoms with Gasteiger partial charge in [0.15, 0.2) is 9.84 Å². The van der Waals surface area contributed by atoms with Crippen LogP contribution in [0.2, 0.25) is 0 Å². The lowest BCUT2D eigenvalue weighted by Gasteiger charge is -2.29. The number of aromatic nitrogens is 1. The maximum atomic E-state index is 12.9. The number of hydrogen-bond donors (Lipinski definition) is 1. The van der Waals surface area contributed by atoms with Crippen LogP contribution < -0.4 is 16.2 Å². The van der Waals surface area contributed by atoms with Gasteiger partial charge in [0.05, 0.1) is 17.3 Å². The van der Waals surface area contributed by atoms with Crippen molar-refractivity contribution >= 4 is 32.3 Å². The third-order valence-corrected chi connectivity index (χ3v) is 6.63. The fourth-order valence-electron chi connectivity index (χ4n) is 3.89. The maximum Gasteiger partial charge on any atom is 0.264 e. The minimum Gasteiger partial charge on any atom is -0.371 e. The molecule has 4 rings (SSSR count). The molecule has 0 bridgehead atoms. The topological polar surface area (TPSA) is 102 Å². The zero-order valence-electron chi connectivity index (χ0n) is 14.8. The van der Waals surface area contributed by atoms with Crippen LogP contribution in [0.25, 0.3) is 10.9 Å². The van der Waals surface area contributed by atoms with Crippen molar-refractivity contribution in [3.05, 3.63) is 51.7 Å². The molecule has 2 aliphatic heterocycles. The molecule has 0 saturated carbocycles. The van der Waals surface area contributed by atoms with Gasteiger partial charge >= 0.3 is 0 Å². The second-order valence-corrected chi connectivity index (χ2v) is 9.04. The Labute approximate surface area is 157 Å². The van der Waals surface area contributed by atoms with E-state index < -0.39 is 27.3 Å². The molecule has 1 amide bonds. The van der Waals surface area contributed by atoms with E-state index in [0.29, 0.717) is 10.9 Å². The Balaban J connectivity index is 1.93. The number of rotatable bonds is 3. The number of hydrogen-bond acceptors (Lipinski definition) is 5. The molecule has 1 unspecified atom stereocenters. The molecule has 0 aliphatic carbocycles. The number of piperidine rings is 1. The molecule has 3 heterocycles. The Morgan fingerprint density at radius 1 is 1.11 bits per heavy atom. The molecule has 0 radical (unpaired) electrons. The molecule has 1 aromatic carbocycles. The molecular weight excluding hydrogens is 366 g/mol. The number of anilines is 1. The predicted octanol–water partition coefficient (Wildman–Crippen LogP) is 1.57. The molecule has 8 heteroatoms. The van der Waals surface area contributed by atoms with Gasteiger partial charge in [-0.3, -0.25) is 14.2 Å². The Kier molecular flexibility index (Phi) is 4.30. The van der Waals surface area contributed by atoms with Crippen molar-refractivity contribution in [1.29, 1.82) is 0 Å². The summed E-state index contributed by atoms with van der Waals surface area (Å²) < 4.78 is 25.2. The first kappa shape index (κ1) is 17.8. The van der Waals surface area contributed by atoms with E-state index in [4.69, 9.17) is 5.73 Å². The first-order chi connectivity index (χ1) is 12.9. The van der Waals surface area contributed by atoms with Crippen molar-refractivity contribution in [3.63, 3.8) is 0 Å². The molecule has 142 valence electrons. The van der Waals surface area contributed by atoms with Crippen LogP contribution in [0.5, 0.6) is 0 Å². The summed E-state index contributed by atoms with van der Waals surface area (Å²) in [5.41, 5.74) is 6.29. The lowest BCUT2D eigenvalue weighted by atomic mass is 10.1. The van der Waals surface area contributed by atoms with Crippen LogP contribution in [0, 0.1) is 0 Å². The van der Waals surface area contributed by atoms with Gasteiger partial charge in [-0.25, -0.2) is 8.42 Å². The van der Waals surface area contributed by atoms with Crippen molar-refractivity contribution in [2.75, 3.05) is 23.7 Å². The van der Waals surface area contributed by atoms with Crippen LogP contribution in [0.3, 0.4) is 0 Å². The highest BCUT2D eigenvalue weighted by atomic mass is 32.2. The van der Waals surface area contributed by atoms with Gasteiger partial charge in [0.25, 0.3) is 11.5 Å². The monoisotopic (exact) mass is 387 g/mol. The standard InChI is InChI=1S/C19H21N3O4S/c20-18(23)16-10-13-4-5-14(21-7-2-1-3-8-21)11-17(13)22(19(16)24)15-6-9-27(25,26)12-15/h4-6,9-11,15H,1-3,7-8,12H2,(H2,20,23). The Morgan fingerprint density at radius 3 is 2.48 bits per heavy atom. The molecule has 2 N–H and O–H groups in total. The van der Waals surface area contributed by atoms with E-state index in [0.717, 1.165) is 37.0 Å². The SMILES string of the molecule is NC(=O)c1cc2ccc(N3CCCCC3)cc2n(C2C=CS(=O)(=O)C2)c1=O. The van der Waals surface area contributed by atoms with Crippen LogP contribution in [0.1, 0.15) is 35.7 Å². The molecule has 7 nitrogen and oxygen atoms in total. The largest absolute Gasteiger partial charge is 0.371 e. The number of carbonyl (C=O) groups excluding carboxylic acids is 1. The van der Waals surface area contributed by atoms with Crippen LogP contribution in [-0.4, -0.2) is 37.7 Å². The highest BCUT2D eigenvalue weighted by molar-refractivity contribution is 7.94. The summed E-state index contributed by atoms with van der Waals surface area (Å²) in [6.45, 7) is 1.90. The number of fused-ring (bicyclic) bond motifs is 1. The molecular formula is C19H21N3O4S. The van der Waals surface area contributed by atoms with Gasteiger partial charge < -0.3 is 10.6 Å². The number of pyridine rings is 1. The summed E-state index contributed by atoms with van der Waals surface area (Å²) in [6.07, 6.45) is 4.94. The Morgan fingerprint density at radius 2 is 1.85 bits per heavy atom. The van der Waals surface area contributed by atoms with Gasteiger partial charge in [-0.2, -0.15) is 0 Å². The highest BCUT2D eigenvalue weighted by Crippen LogP contribution is 2.28. The van der Waals surface area contributed by atoms with E-state index in [9.17, 15) is 18.0 Å². The molecule has 1 atom stereocenters. The average Bonchev–Trinajstić information content (AvgIpc) is 3.00. The lowest BCUT2D eigenvalue weighted by molar-refractivity contribution is 0.0998. The third kappa shape index (κ3) is 3.25. The summed E-state index contributed by atoms with van der Waals surface area (Å²) >= 11 is 0. The number of carbonyl (C=O) groups is 1. The number of nitrogens with two attached hydrogens (primary N) is 1. The van der Waals surface area contributed by atoms with E-state index in [1.807, 2.05) is 18.2 Å². The second-order valence-electron chi connectivity index (χ2n) is 7.11. The maximum absolute atomic E-state index is 12.9. The van der Waals surface area contributed by atoms with Crippen molar-refractivity contribution in [3.8, 4) is 0 Å². The average molecular weight is 387 g/mol. The smallest absolute Gasteiger partial charge is 0.264 e. The molecule has 27 heavy (non-hydrogen) atoms. The van der Waals surface area contributed by atoms with E-state index >= 15 is 0 Å². The number of allylic oxidation sites excluding steroid dienone is 1. The Bertz CT molecular complexity index is 1110. The summed E-state index contributed by atoms with van der Waals surface area (Å²) in [7, 11) is -3.36. The number of benzene rings is 1. The van der Waals surface area contributed by atoms with Crippen molar-refractivity contribution < 1.29 is 13.2 Å². The molecule has 2 aliphatic rings. The first-order valence-corrected chi connectivity index (χ1v) is 10.7. The lowest BCUT2D eigenvalue weighted by Crippen LogP contribution is -2.33. The normalized spacial score (nSPS) is 21.6. The van der Waals surface area contributed by atoms with Gasteiger partial charge in [-0.1, -0.05) is 6.07 Å². The van der Waals surface area contributed by atoms with Crippen LogP contribution >= 0.6 is 0 Å². The second kappa shape index (κ2) is 6.53. The molecule has 2 aromatic rings. The zero-order valence-corrected chi connectivity index (χ0v) is 15.6. The quantitative estimate of drug-likeness (QED) is 0.861. The van der Waals surface area contributed by atoms with E-state index in [2.05, 4.69) is 4.90 Å². The number of sulfone groups is 1. The summed E-state index contributed by atoms with van der Waals surface area (Å²) in [6, 6.07) is 6.57. The minimum absolute atomic E-state index is 0.133. The number of amides is 1. The molecule has 1 fully saturated rings.